The molecule has 0 radical (unpaired) electrons. The smallest absolute Gasteiger partial charge is 0.0645 e. The summed E-state index contributed by atoms with van der Waals surface area (Å²) >= 11 is 0. The Morgan fingerprint density at radius 2 is 2.00 bits per heavy atom. The first kappa shape index (κ1) is 17.2. The van der Waals surface area contributed by atoms with E-state index < -0.39 is 0 Å². The van der Waals surface area contributed by atoms with Gasteiger partial charge >= 0.3 is 0 Å². The van der Waals surface area contributed by atoms with Gasteiger partial charge in [0.2, 0.25) is 0 Å². The first-order valence-corrected chi connectivity index (χ1v) is 8.86. The van der Waals surface area contributed by atoms with E-state index in [1.54, 1.807) is 0 Å². The molecule has 2 aliphatic rings. The summed E-state index contributed by atoms with van der Waals surface area (Å²) in [6.07, 6.45) is 5.23. The van der Waals surface area contributed by atoms with Gasteiger partial charge in [0.25, 0.3) is 0 Å². The summed E-state index contributed by atoms with van der Waals surface area (Å²) in [5.74, 6) is 1.49. The second-order valence-electron chi connectivity index (χ2n) is 8.47. The number of nitrogens with zero attached hydrogens (tertiary/aromatic N) is 1. The number of hydrogen-bond acceptors (Lipinski definition) is 3. The van der Waals surface area contributed by atoms with Crippen molar-refractivity contribution in [1.82, 2.24) is 4.90 Å². The van der Waals surface area contributed by atoms with E-state index in [1.807, 2.05) is 0 Å². The molecule has 3 heteroatoms. The molecule has 3 nitrogen and oxygen atoms in total. The zero-order chi connectivity index (χ0) is 15.7. The van der Waals surface area contributed by atoms with Crippen LogP contribution in [0.4, 0.5) is 0 Å². The summed E-state index contributed by atoms with van der Waals surface area (Å²) in [6, 6.07) is 0.637. The van der Waals surface area contributed by atoms with Crippen LogP contribution in [0.15, 0.2) is 0 Å². The predicted molar refractivity (Wildman–Crippen MR) is 89.3 cm³/mol. The topological polar surface area (TPSA) is 38.5 Å². The number of ether oxygens (including phenoxy) is 1. The highest BCUT2D eigenvalue weighted by Crippen LogP contribution is 2.44. The fourth-order valence-corrected chi connectivity index (χ4v) is 4.35. The molecule has 2 fully saturated rings. The van der Waals surface area contributed by atoms with Crippen LogP contribution in [0.1, 0.15) is 60.3 Å². The Labute approximate surface area is 131 Å². The fraction of sp³-hybridized carbons (Fsp3) is 1.00. The third kappa shape index (κ3) is 3.62. The molecule has 2 rings (SSSR count). The van der Waals surface area contributed by atoms with Crippen molar-refractivity contribution in [3.63, 3.8) is 0 Å². The molecule has 0 aromatic rings. The van der Waals surface area contributed by atoms with Crippen molar-refractivity contribution in [2.45, 2.75) is 71.9 Å². The van der Waals surface area contributed by atoms with Crippen LogP contribution in [-0.2, 0) is 4.74 Å². The molecule has 0 spiro atoms. The molecular weight excluding hydrogens is 260 g/mol. The third-order valence-corrected chi connectivity index (χ3v) is 6.38. The van der Waals surface area contributed by atoms with Gasteiger partial charge in [-0.1, -0.05) is 27.2 Å². The summed E-state index contributed by atoms with van der Waals surface area (Å²) < 4.78 is 5.72. The lowest BCUT2D eigenvalue weighted by Gasteiger charge is -2.53. The molecule has 124 valence electrons. The maximum absolute atomic E-state index is 6.12. The lowest BCUT2D eigenvalue weighted by molar-refractivity contribution is -0.0990. The maximum Gasteiger partial charge on any atom is 0.0645 e. The van der Waals surface area contributed by atoms with Crippen molar-refractivity contribution in [3.8, 4) is 0 Å². The van der Waals surface area contributed by atoms with E-state index in [4.69, 9.17) is 10.5 Å². The van der Waals surface area contributed by atoms with E-state index >= 15 is 0 Å². The zero-order valence-corrected chi connectivity index (χ0v) is 14.8. The van der Waals surface area contributed by atoms with Gasteiger partial charge in [-0.2, -0.15) is 0 Å². The van der Waals surface area contributed by atoms with E-state index in [2.05, 4.69) is 39.5 Å². The first-order chi connectivity index (χ1) is 9.81. The van der Waals surface area contributed by atoms with E-state index in [0.29, 0.717) is 17.4 Å². The number of morpholine rings is 1. The van der Waals surface area contributed by atoms with Crippen LogP contribution in [0, 0.1) is 17.3 Å². The second-order valence-corrected chi connectivity index (χ2v) is 8.47. The van der Waals surface area contributed by atoms with Gasteiger partial charge in [0.05, 0.1) is 13.2 Å². The van der Waals surface area contributed by atoms with Gasteiger partial charge in [0.15, 0.2) is 0 Å². The lowest BCUT2D eigenvalue weighted by atomic mass is 9.65. The normalized spacial score (nSPS) is 34.9. The average Bonchev–Trinajstić information content (AvgIpc) is 2.46. The SMILES string of the molecule is CCC(C)(C)C1CCC(CN)C(N2CCOCC2(C)C)C1. The Balaban J connectivity index is 2.16. The number of nitrogens with two attached hydrogens (primary N) is 1. The Hall–Kier alpha value is -0.120. The molecule has 1 saturated carbocycles. The standard InChI is InChI=1S/C18H36N2O/c1-6-17(2,3)15-8-7-14(12-19)16(11-15)20-9-10-21-13-18(20,4)5/h14-16H,6-13,19H2,1-5H3. The molecule has 3 atom stereocenters. The summed E-state index contributed by atoms with van der Waals surface area (Å²) in [6.45, 7) is 15.5. The zero-order valence-electron chi connectivity index (χ0n) is 14.8. The largest absolute Gasteiger partial charge is 0.378 e. The molecule has 0 bridgehead atoms. The minimum Gasteiger partial charge on any atom is -0.378 e. The quantitative estimate of drug-likeness (QED) is 0.865. The molecule has 0 amide bonds. The summed E-state index contributed by atoms with van der Waals surface area (Å²) in [5, 5.41) is 0. The molecular formula is C18H36N2O. The van der Waals surface area contributed by atoms with E-state index in [1.165, 1.54) is 25.7 Å². The van der Waals surface area contributed by atoms with Crippen LogP contribution >= 0.6 is 0 Å². The fourth-order valence-electron chi connectivity index (χ4n) is 4.35. The minimum absolute atomic E-state index is 0.147. The summed E-state index contributed by atoms with van der Waals surface area (Å²) in [4.78, 5) is 2.71. The predicted octanol–water partition coefficient (Wildman–Crippen LogP) is 3.28. The van der Waals surface area contributed by atoms with Crippen LogP contribution in [0.25, 0.3) is 0 Å². The van der Waals surface area contributed by atoms with Crippen LogP contribution in [0.3, 0.4) is 0 Å². The minimum atomic E-state index is 0.147. The van der Waals surface area contributed by atoms with Crippen molar-refractivity contribution in [2.75, 3.05) is 26.3 Å². The monoisotopic (exact) mass is 296 g/mol. The molecule has 0 aromatic heterocycles. The van der Waals surface area contributed by atoms with Crippen molar-refractivity contribution in [1.29, 1.82) is 0 Å². The first-order valence-electron chi connectivity index (χ1n) is 8.86. The molecule has 1 aliphatic heterocycles. The third-order valence-electron chi connectivity index (χ3n) is 6.38. The van der Waals surface area contributed by atoms with Gasteiger partial charge in [-0.25, -0.2) is 0 Å². The molecule has 1 saturated heterocycles. The highest BCUT2D eigenvalue weighted by molar-refractivity contribution is 4.97. The number of hydrogen-bond donors (Lipinski definition) is 1. The number of rotatable bonds is 4. The molecule has 1 heterocycles. The second kappa shape index (κ2) is 6.55. The Bertz CT molecular complexity index is 340. The van der Waals surface area contributed by atoms with Gasteiger partial charge in [0.1, 0.15) is 0 Å². The van der Waals surface area contributed by atoms with Gasteiger partial charge in [-0.15, -0.1) is 0 Å². The van der Waals surface area contributed by atoms with Crippen LogP contribution < -0.4 is 5.73 Å². The van der Waals surface area contributed by atoms with E-state index in [0.717, 1.165) is 32.2 Å². The molecule has 0 aromatic carbocycles. The van der Waals surface area contributed by atoms with Gasteiger partial charge in [0, 0.05) is 18.1 Å². The van der Waals surface area contributed by atoms with Crippen molar-refractivity contribution >= 4 is 0 Å². The lowest BCUT2D eigenvalue weighted by Crippen LogP contribution is -2.61. The van der Waals surface area contributed by atoms with Gasteiger partial charge < -0.3 is 10.5 Å². The Morgan fingerprint density at radius 3 is 2.57 bits per heavy atom. The van der Waals surface area contributed by atoms with E-state index in [9.17, 15) is 0 Å². The molecule has 1 aliphatic carbocycles. The Morgan fingerprint density at radius 1 is 1.29 bits per heavy atom. The maximum atomic E-state index is 6.12. The average molecular weight is 296 g/mol. The highest BCUT2D eigenvalue weighted by atomic mass is 16.5. The van der Waals surface area contributed by atoms with Crippen molar-refractivity contribution < 1.29 is 4.74 Å². The highest BCUT2D eigenvalue weighted by Gasteiger charge is 2.43. The molecule has 3 unspecified atom stereocenters. The van der Waals surface area contributed by atoms with Gasteiger partial charge in [-0.3, -0.25) is 4.90 Å². The molecule has 2 N–H and O–H groups in total. The Kier molecular flexibility index (Phi) is 5.38. The van der Waals surface area contributed by atoms with Crippen LogP contribution in [-0.4, -0.2) is 42.8 Å². The van der Waals surface area contributed by atoms with Crippen molar-refractivity contribution in [2.24, 2.45) is 23.0 Å². The van der Waals surface area contributed by atoms with E-state index in [-0.39, 0.29) is 5.54 Å². The summed E-state index contributed by atoms with van der Waals surface area (Å²) in [5.41, 5.74) is 6.72. The molecule has 21 heavy (non-hydrogen) atoms. The van der Waals surface area contributed by atoms with Crippen LogP contribution in [0.5, 0.6) is 0 Å². The van der Waals surface area contributed by atoms with Crippen LogP contribution in [0.2, 0.25) is 0 Å². The van der Waals surface area contributed by atoms with Gasteiger partial charge in [-0.05, 0) is 56.9 Å². The van der Waals surface area contributed by atoms with Crippen molar-refractivity contribution in [3.05, 3.63) is 0 Å². The summed E-state index contributed by atoms with van der Waals surface area (Å²) in [7, 11) is 0.